The molecular formula is C17H23N3. The molecule has 1 aliphatic heterocycles. The maximum atomic E-state index is 5.92. The average Bonchev–Trinajstić information content (AvgIpc) is 2.48. The molecule has 3 nitrogen and oxygen atoms in total. The van der Waals surface area contributed by atoms with Crippen molar-refractivity contribution in [2.45, 2.75) is 44.9 Å². The molecule has 106 valence electrons. The lowest BCUT2D eigenvalue weighted by Gasteiger charge is -2.32. The van der Waals surface area contributed by atoms with Gasteiger partial charge in [0.1, 0.15) is 5.84 Å². The van der Waals surface area contributed by atoms with Crippen molar-refractivity contribution in [3.05, 3.63) is 35.9 Å². The van der Waals surface area contributed by atoms with E-state index in [4.69, 9.17) is 5.73 Å². The van der Waals surface area contributed by atoms with Gasteiger partial charge in [-0.05, 0) is 24.3 Å². The minimum absolute atomic E-state index is 0.323. The summed E-state index contributed by atoms with van der Waals surface area (Å²) in [4.78, 5) is 0. The summed E-state index contributed by atoms with van der Waals surface area (Å²) in [6, 6.07) is 10.6. The van der Waals surface area contributed by atoms with Crippen LogP contribution in [-0.2, 0) is 0 Å². The maximum absolute atomic E-state index is 5.92. The molecule has 1 fully saturated rings. The largest absolute Gasteiger partial charge is 0.386 e. The van der Waals surface area contributed by atoms with Gasteiger partial charge in [0, 0.05) is 18.3 Å². The highest BCUT2D eigenvalue weighted by Gasteiger charge is 2.31. The molecule has 3 unspecified atom stereocenters. The van der Waals surface area contributed by atoms with Crippen LogP contribution >= 0.6 is 0 Å². The standard InChI is InChI=1S/C17H23N3/c1-12-6-5-9-14(10-12)17-15(11-16(18)19-20-17)13-7-3-2-4-8-13/h2-4,7-8,12,14-15H,5-6,9-11H2,1H3,(H2,18,19). The van der Waals surface area contributed by atoms with Crippen LogP contribution < -0.4 is 5.73 Å². The Morgan fingerprint density at radius 2 is 1.90 bits per heavy atom. The molecule has 0 spiro atoms. The zero-order chi connectivity index (χ0) is 13.9. The molecule has 2 N–H and O–H groups in total. The quantitative estimate of drug-likeness (QED) is 0.874. The smallest absolute Gasteiger partial charge is 0.123 e. The number of amidine groups is 1. The van der Waals surface area contributed by atoms with Crippen LogP contribution in [0.3, 0.4) is 0 Å². The summed E-state index contributed by atoms with van der Waals surface area (Å²) < 4.78 is 0. The van der Waals surface area contributed by atoms with Crippen molar-refractivity contribution >= 4 is 11.5 Å². The summed E-state index contributed by atoms with van der Waals surface area (Å²) >= 11 is 0. The summed E-state index contributed by atoms with van der Waals surface area (Å²) in [6.45, 7) is 2.35. The van der Waals surface area contributed by atoms with Crippen LogP contribution in [-0.4, -0.2) is 11.5 Å². The maximum Gasteiger partial charge on any atom is 0.123 e. The van der Waals surface area contributed by atoms with Gasteiger partial charge in [-0.25, -0.2) is 0 Å². The molecule has 0 amide bonds. The van der Waals surface area contributed by atoms with Crippen LogP contribution in [0.15, 0.2) is 40.5 Å². The van der Waals surface area contributed by atoms with Crippen LogP contribution in [0.5, 0.6) is 0 Å². The highest BCUT2D eigenvalue weighted by molar-refractivity contribution is 5.99. The Hall–Kier alpha value is -1.64. The first-order valence-electron chi connectivity index (χ1n) is 7.68. The van der Waals surface area contributed by atoms with E-state index in [0.29, 0.717) is 17.7 Å². The molecular weight excluding hydrogens is 246 g/mol. The number of benzene rings is 1. The molecule has 3 heteroatoms. The molecule has 3 rings (SSSR count). The number of hydrogen-bond donors (Lipinski definition) is 1. The molecule has 0 saturated heterocycles. The Balaban J connectivity index is 1.89. The zero-order valence-electron chi connectivity index (χ0n) is 12.1. The number of nitrogens with two attached hydrogens (primary N) is 1. The van der Waals surface area contributed by atoms with Gasteiger partial charge in [-0.3, -0.25) is 0 Å². The third kappa shape index (κ3) is 2.77. The summed E-state index contributed by atoms with van der Waals surface area (Å²) in [7, 11) is 0. The minimum Gasteiger partial charge on any atom is -0.386 e. The van der Waals surface area contributed by atoms with Gasteiger partial charge >= 0.3 is 0 Å². The second-order valence-corrected chi connectivity index (χ2v) is 6.25. The fourth-order valence-corrected chi connectivity index (χ4v) is 3.59. The summed E-state index contributed by atoms with van der Waals surface area (Å²) in [6.07, 6.45) is 5.98. The molecule has 2 aliphatic rings. The van der Waals surface area contributed by atoms with Gasteiger partial charge in [0.25, 0.3) is 0 Å². The minimum atomic E-state index is 0.323. The Labute approximate surface area is 121 Å². The molecule has 0 radical (unpaired) electrons. The van der Waals surface area contributed by atoms with Gasteiger partial charge in [-0.1, -0.05) is 50.1 Å². The fraction of sp³-hybridized carbons (Fsp3) is 0.529. The van der Waals surface area contributed by atoms with Crippen LogP contribution in [0.4, 0.5) is 0 Å². The van der Waals surface area contributed by atoms with Crippen LogP contribution in [0.1, 0.15) is 50.5 Å². The molecule has 0 bridgehead atoms. The zero-order valence-corrected chi connectivity index (χ0v) is 12.1. The van der Waals surface area contributed by atoms with E-state index in [0.717, 1.165) is 12.3 Å². The van der Waals surface area contributed by atoms with Crippen molar-refractivity contribution in [3.8, 4) is 0 Å². The van der Waals surface area contributed by atoms with E-state index in [1.807, 2.05) is 0 Å². The van der Waals surface area contributed by atoms with Crippen molar-refractivity contribution in [1.29, 1.82) is 0 Å². The molecule has 1 saturated carbocycles. The summed E-state index contributed by atoms with van der Waals surface area (Å²) in [5.41, 5.74) is 8.51. The first-order valence-corrected chi connectivity index (χ1v) is 7.68. The van der Waals surface area contributed by atoms with Crippen molar-refractivity contribution < 1.29 is 0 Å². The van der Waals surface area contributed by atoms with Crippen LogP contribution in [0, 0.1) is 11.8 Å². The molecule has 1 heterocycles. The Morgan fingerprint density at radius 3 is 2.65 bits per heavy atom. The van der Waals surface area contributed by atoms with E-state index in [9.17, 15) is 0 Å². The first kappa shape index (κ1) is 13.3. The summed E-state index contributed by atoms with van der Waals surface area (Å²) in [5, 5.41) is 8.68. The van der Waals surface area contributed by atoms with Gasteiger partial charge in [0.05, 0.1) is 5.71 Å². The Bertz CT molecular complexity index is 518. The number of nitrogens with zero attached hydrogens (tertiary/aromatic N) is 2. The highest BCUT2D eigenvalue weighted by atomic mass is 15.2. The van der Waals surface area contributed by atoms with Crippen molar-refractivity contribution in [3.63, 3.8) is 0 Å². The fourth-order valence-electron chi connectivity index (χ4n) is 3.59. The normalized spacial score (nSPS) is 30.6. The predicted molar refractivity (Wildman–Crippen MR) is 84.0 cm³/mol. The second kappa shape index (κ2) is 5.78. The number of hydrogen-bond acceptors (Lipinski definition) is 3. The lowest BCUT2D eigenvalue weighted by atomic mass is 9.74. The monoisotopic (exact) mass is 269 g/mol. The topological polar surface area (TPSA) is 50.7 Å². The van der Waals surface area contributed by atoms with Gasteiger partial charge in [0.15, 0.2) is 0 Å². The third-order valence-electron chi connectivity index (χ3n) is 4.62. The van der Waals surface area contributed by atoms with Crippen molar-refractivity contribution in [2.75, 3.05) is 0 Å². The summed E-state index contributed by atoms with van der Waals surface area (Å²) in [5.74, 6) is 2.37. The first-order chi connectivity index (χ1) is 9.74. The lowest BCUT2D eigenvalue weighted by molar-refractivity contribution is 0.335. The van der Waals surface area contributed by atoms with E-state index in [2.05, 4.69) is 47.5 Å². The van der Waals surface area contributed by atoms with E-state index in [1.54, 1.807) is 0 Å². The van der Waals surface area contributed by atoms with E-state index >= 15 is 0 Å². The lowest BCUT2D eigenvalue weighted by Crippen LogP contribution is -2.32. The van der Waals surface area contributed by atoms with Crippen LogP contribution in [0.25, 0.3) is 0 Å². The van der Waals surface area contributed by atoms with E-state index in [1.165, 1.54) is 37.0 Å². The highest BCUT2D eigenvalue weighted by Crippen LogP contribution is 2.36. The Morgan fingerprint density at radius 1 is 1.10 bits per heavy atom. The van der Waals surface area contributed by atoms with E-state index < -0.39 is 0 Å². The van der Waals surface area contributed by atoms with Gasteiger partial charge in [0.2, 0.25) is 0 Å². The average molecular weight is 269 g/mol. The SMILES string of the molecule is CC1CCCC(C2=NN=C(N)CC2c2ccccc2)C1. The van der Waals surface area contributed by atoms with Gasteiger partial charge < -0.3 is 5.73 Å². The molecule has 20 heavy (non-hydrogen) atoms. The van der Waals surface area contributed by atoms with Gasteiger partial charge in [-0.2, -0.15) is 5.10 Å². The molecule has 0 aromatic heterocycles. The third-order valence-corrected chi connectivity index (χ3v) is 4.62. The molecule has 1 aromatic rings. The second-order valence-electron chi connectivity index (χ2n) is 6.25. The van der Waals surface area contributed by atoms with Crippen LogP contribution in [0.2, 0.25) is 0 Å². The van der Waals surface area contributed by atoms with Gasteiger partial charge in [-0.15, -0.1) is 5.10 Å². The number of rotatable bonds is 2. The van der Waals surface area contributed by atoms with Crippen molar-refractivity contribution in [2.24, 2.45) is 27.8 Å². The molecule has 1 aromatic carbocycles. The molecule has 3 atom stereocenters. The Kier molecular flexibility index (Phi) is 3.86. The van der Waals surface area contributed by atoms with E-state index in [-0.39, 0.29) is 0 Å². The molecule has 1 aliphatic carbocycles. The van der Waals surface area contributed by atoms with Crippen molar-refractivity contribution in [1.82, 2.24) is 0 Å². The predicted octanol–water partition coefficient (Wildman–Crippen LogP) is 3.71.